The number of aromatic nitrogens is 1. The molecule has 0 saturated heterocycles. The molecule has 0 spiro atoms. The van der Waals surface area contributed by atoms with Crippen LogP contribution < -0.4 is 5.32 Å². The molecule has 0 aliphatic heterocycles. The number of nitro groups is 1. The van der Waals surface area contributed by atoms with Gasteiger partial charge in [-0.25, -0.2) is 9.78 Å². The van der Waals surface area contributed by atoms with Crippen LogP contribution in [0, 0.1) is 17.0 Å². The molecule has 1 aromatic heterocycles. The highest BCUT2D eigenvalue weighted by atomic mass is 16.6. The molecule has 2 N–H and O–H groups in total. The third kappa shape index (κ3) is 3.14. The zero-order chi connectivity index (χ0) is 15.4. The van der Waals surface area contributed by atoms with Gasteiger partial charge in [0.15, 0.2) is 6.04 Å². The largest absolute Gasteiger partial charge is 0.479 e. The smallest absolute Gasteiger partial charge is 0.330 e. The van der Waals surface area contributed by atoms with E-state index < -0.39 is 16.9 Å². The Morgan fingerprint density at radius 2 is 2.00 bits per heavy atom. The van der Waals surface area contributed by atoms with Crippen LogP contribution in [-0.4, -0.2) is 21.0 Å². The number of aliphatic carboxylic acids is 1. The molecule has 2 aromatic rings. The number of carbonyl (C=O) groups is 1. The van der Waals surface area contributed by atoms with E-state index >= 15 is 0 Å². The van der Waals surface area contributed by atoms with E-state index in [4.69, 9.17) is 0 Å². The standard InChI is InChI=1S/C14H13N3O4/c1-9-7-8-15-13(12(9)17(20)21)16-11(14(18)19)10-5-3-2-4-6-10/h2-8,11H,1H3,(H,15,16)(H,18,19). The van der Waals surface area contributed by atoms with Crippen molar-refractivity contribution in [2.24, 2.45) is 0 Å². The van der Waals surface area contributed by atoms with Gasteiger partial charge < -0.3 is 10.4 Å². The molecule has 7 heteroatoms. The van der Waals surface area contributed by atoms with Crippen LogP contribution in [0.2, 0.25) is 0 Å². The van der Waals surface area contributed by atoms with Gasteiger partial charge in [0.25, 0.3) is 0 Å². The molecule has 108 valence electrons. The maximum Gasteiger partial charge on any atom is 0.330 e. The van der Waals surface area contributed by atoms with Crippen LogP contribution in [0.5, 0.6) is 0 Å². The van der Waals surface area contributed by atoms with Crippen molar-refractivity contribution in [1.82, 2.24) is 4.98 Å². The molecule has 0 aliphatic rings. The Bertz CT molecular complexity index is 673. The normalized spacial score (nSPS) is 11.7. The average Bonchev–Trinajstić information content (AvgIpc) is 2.45. The number of hydrogen-bond acceptors (Lipinski definition) is 5. The summed E-state index contributed by atoms with van der Waals surface area (Å²) in [6, 6.07) is 8.81. The SMILES string of the molecule is Cc1ccnc(NC(C(=O)O)c2ccccc2)c1[N+](=O)[O-]. The molecule has 0 fully saturated rings. The molecular weight excluding hydrogens is 274 g/mol. The Morgan fingerprint density at radius 1 is 1.33 bits per heavy atom. The zero-order valence-electron chi connectivity index (χ0n) is 11.2. The number of hydrogen-bond donors (Lipinski definition) is 2. The van der Waals surface area contributed by atoms with Gasteiger partial charge >= 0.3 is 11.7 Å². The predicted molar refractivity (Wildman–Crippen MR) is 76.1 cm³/mol. The van der Waals surface area contributed by atoms with Crippen LogP contribution in [0.4, 0.5) is 11.5 Å². The van der Waals surface area contributed by atoms with Crippen molar-refractivity contribution < 1.29 is 14.8 Å². The van der Waals surface area contributed by atoms with Gasteiger partial charge in [-0.05, 0) is 18.6 Å². The quantitative estimate of drug-likeness (QED) is 0.646. The second-order valence-corrected chi connectivity index (χ2v) is 4.41. The minimum absolute atomic E-state index is 0.0590. The number of benzene rings is 1. The fraction of sp³-hybridized carbons (Fsp3) is 0.143. The topological polar surface area (TPSA) is 105 Å². The summed E-state index contributed by atoms with van der Waals surface area (Å²) in [6.07, 6.45) is 1.40. The van der Waals surface area contributed by atoms with Crippen LogP contribution in [0.1, 0.15) is 17.2 Å². The van der Waals surface area contributed by atoms with Crippen molar-refractivity contribution in [2.45, 2.75) is 13.0 Å². The minimum atomic E-state index is -1.14. The van der Waals surface area contributed by atoms with Gasteiger partial charge in [-0.1, -0.05) is 30.3 Å². The Labute approximate surface area is 120 Å². The maximum absolute atomic E-state index is 11.4. The van der Waals surface area contributed by atoms with Crippen LogP contribution in [0.15, 0.2) is 42.6 Å². The van der Waals surface area contributed by atoms with Crippen LogP contribution in [0.25, 0.3) is 0 Å². The minimum Gasteiger partial charge on any atom is -0.479 e. The van der Waals surface area contributed by atoms with Crippen LogP contribution >= 0.6 is 0 Å². The van der Waals surface area contributed by atoms with Crippen molar-refractivity contribution in [3.63, 3.8) is 0 Å². The summed E-state index contributed by atoms with van der Waals surface area (Å²) >= 11 is 0. The summed E-state index contributed by atoms with van der Waals surface area (Å²) in [7, 11) is 0. The lowest BCUT2D eigenvalue weighted by Crippen LogP contribution is -2.21. The molecule has 1 atom stereocenters. The molecule has 7 nitrogen and oxygen atoms in total. The summed E-state index contributed by atoms with van der Waals surface area (Å²) in [4.78, 5) is 25.8. The number of nitrogens with one attached hydrogen (secondary N) is 1. The van der Waals surface area contributed by atoms with Crippen molar-refractivity contribution in [1.29, 1.82) is 0 Å². The van der Waals surface area contributed by atoms with Gasteiger partial charge in [-0.15, -0.1) is 0 Å². The first-order valence-electron chi connectivity index (χ1n) is 6.15. The first-order chi connectivity index (χ1) is 10.0. The first-order valence-corrected chi connectivity index (χ1v) is 6.15. The van der Waals surface area contributed by atoms with Crippen LogP contribution in [0.3, 0.4) is 0 Å². The monoisotopic (exact) mass is 287 g/mol. The second-order valence-electron chi connectivity index (χ2n) is 4.41. The van der Waals surface area contributed by atoms with E-state index in [1.165, 1.54) is 12.3 Å². The Morgan fingerprint density at radius 3 is 2.57 bits per heavy atom. The number of pyridine rings is 1. The van der Waals surface area contributed by atoms with Gasteiger partial charge in [0, 0.05) is 11.8 Å². The third-order valence-electron chi connectivity index (χ3n) is 2.97. The third-order valence-corrected chi connectivity index (χ3v) is 2.97. The first kappa shape index (κ1) is 14.4. The molecule has 0 aliphatic carbocycles. The lowest BCUT2D eigenvalue weighted by molar-refractivity contribution is -0.384. The Balaban J connectivity index is 2.41. The lowest BCUT2D eigenvalue weighted by Gasteiger charge is -2.15. The molecule has 1 heterocycles. The molecule has 1 unspecified atom stereocenters. The number of carboxylic acid groups (broad SMARTS) is 1. The number of anilines is 1. The summed E-state index contributed by atoms with van der Waals surface area (Å²) in [6.45, 7) is 1.57. The van der Waals surface area contributed by atoms with Gasteiger partial charge in [-0.2, -0.15) is 0 Å². The maximum atomic E-state index is 11.4. The van der Waals surface area contributed by atoms with Gasteiger partial charge in [0.1, 0.15) is 0 Å². The molecule has 0 bridgehead atoms. The molecule has 1 aromatic carbocycles. The van der Waals surface area contributed by atoms with Crippen molar-refractivity contribution in [2.75, 3.05) is 5.32 Å². The average molecular weight is 287 g/mol. The summed E-state index contributed by atoms with van der Waals surface area (Å²) in [5.41, 5.74) is 0.678. The van der Waals surface area contributed by atoms with E-state index in [1.807, 2.05) is 0 Å². The lowest BCUT2D eigenvalue weighted by atomic mass is 10.1. The fourth-order valence-corrected chi connectivity index (χ4v) is 1.96. The zero-order valence-corrected chi connectivity index (χ0v) is 11.2. The highest BCUT2D eigenvalue weighted by Crippen LogP contribution is 2.29. The number of rotatable bonds is 5. The van der Waals surface area contributed by atoms with Crippen molar-refractivity contribution in [3.05, 3.63) is 63.8 Å². The number of carboxylic acids is 1. The van der Waals surface area contributed by atoms with E-state index in [9.17, 15) is 20.0 Å². The second kappa shape index (κ2) is 6.00. The summed E-state index contributed by atoms with van der Waals surface area (Å²) in [5.74, 6) is -1.20. The van der Waals surface area contributed by atoms with Gasteiger partial charge in [0.2, 0.25) is 5.82 Å². The summed E-state index contributed by atoms with van der Waals surface area (Å²) in [5, 5.41) is 23.1. The number of aryl methyl sites for hydroxylation is 1. The fourth-order valence-electron chi connectivity index (χ4n) is 1.96. The van der Waals surface area contributed by atoms with Gasteiger partial charge in [-0.3, -0.25) is 10.1 Å². The van der Waals surface area contributed by atoms with Crippen molar-refractivity contribution in [3.8, 4) is 0 Å². The summed E-state index contributed by atoms with van der Waals surface area (Å²) < 4.78 is 0. The molecule has 0 amide bonds. The van der Waals surface area contributed by atoms with Crippen molar-refractivity contribution >= 4 is 17.5 Å². The number of nitrogens with zero attached hydrogens (tertiary/aromatic N) is 2. The molecule has 0 radical (unpaired) electrons. The Kier molecular flexibility index (Phi) is 4.13. The van der Waals surface area contributed by atoms with E-state index in [2.05, 4.69) is 10.3 Å². The highest BCUT2D eigenvalue weighted by Gasteiger charge is 2.25. The van der Waals surface area contributed by atoms with E-state index in [0.717, 1.165) is 0 Å². The van der Waals surface area contributed by atoms with Crippen LogP contribution in [-0.2, 0) is 4.79 Å². The Hall–Kier alpha value is -2.96. The van der Waals surface area contributed by atoms with E-state index in [0.29, 0.717) is 11.1 Å². The van der Waals surface area contributed by atoms with E-state index in [-0.39, 0.29) is 11.5 Å². The highest BCUT2D eigenvalue weighted by molar-refractivity contribution is 5.80. The van der Waals surface area contributed by atoms with E-state index in [1.54, 1.807) is 37.3 Å². The predicted octanol–water partition coefficient (Wildman–Crippen LogP) is 2.54. The molecular formula is C14H13N3O4. The molecule has 2 rings (SSSR count). The molecule has 21 heavy (non-hydrogen) atoms. The van der Waals surface area contributed by atoms with Gasteiger partial charge in [0.05, 0.1) is 4.92 Å². The molecule has 0 saturated carbocycles.